The highest BCUT2D eigenvalue weighted by atomic mass is 16.5. The summed E-state index contributed by atoms with van der Waals surface area (Å²) in [5.74, 6) is 0. The van der Waals surface area contributed by atoms with Gasteiger partial charge in [0.15, 0.2) is 0 Å². The average Bonchev–Trinajstić information content (AvgIpc) is 1.86. The van der Waals surface area contributed by atoms with Crippen molar-refractivity contribution < 1.29 is 14.6 Å². The fourth-order valence-electron chi connectivity index (χ4n) is 0.620. The minimum Gasteiger partial charge on any atom is -0.465 e. The molecule has 1 unspecified atom stereocenters. The molecule has 0 saturated heterocycles. The van der Waals surface area contributed by atoms with Gasteiger partial charge in [0.25, 0.3) is 0 Å². The molecule has 4 heteroatoms. The minimum atomic E-state index is -1.05. The van der Waals surface area contributed by atoms with Gasteiger partial charge in [-0.3, -0.25) is 5.32 Å². The minimum absolute atomic E-state index is 0.404. The predicted octanol–water partition coefficient (Wildman–Crippen LogP) is 1.42. The first-order chi connectivity index (χ1) is 5.16. The fourth-order valence-corrected chi connectivity index (χ4v) is 0.620. The zero-order valence-electron chi connectivity index (χ0n) is 6.96. The van der Waals surface area contributed by atoms with Crippen LogP contribution in [0.4, 0.5) is 4.79 Å². The molecule has 0 fully saturated rings. The lowest BCUT2D eigenvalue weighted by atomic mass is 10.4. The van der Waals surface area contributed by atoms with Crippen molar-refractivity contribution in [3.63, 3.8) is 0 Å². The lowest BCUT2D eigenvalue weighted by Gasteiger charge is -2.11. The van der Waals surface area contributed by atoms with Gasteiger partial charge in [-0.2, -0.15) is 0 Å². The molecule has 1 atom stereocenters. The Morgan fingerprint density at radius 3 is 2.82 bits per heavy atom. The molecule has 4 nitrogen and oxygen atoms in total. The number of unbranched alkanes of at least 4 members (excludes halogenated alkanes) is 1. The summed E-state index contributed by atoms with van der Waals surface area (Å²) in [7, 11) is 0. The summed E-state index contributed by atoms with van der Waals surface area (Å²) in [5, 5.41) is 10.4. The zero-order chi connectivity index (χ0) is 8.69. The molecule has 0 heterocycles. The number of hydrogen-bond acceptors (Lipinski definition) is 2. The van der Waals surface area contributed by atoms with Gasteiger partial charge < -0.3 is 9.84 Å². The number of hydrogen-bond donors (Lipinski definition) is 2. The Balaban J connectivity index is 3.22. The van der Waals surface area contributed by atoms with E-state index in [1.54, 1.807) is 6.92 Å². The van der Waals surface area contributed by atoms with Crippen LogP contribution >= 0.6 is 0 Å². The van der Waals surface area contributed by atoms with Gasteiger partial charge in [0.2, 0.25) is 0 Å². The van der Waals surface area contributed by atoms with Gasteiger partial charge in [0.1, 0.15) is 6.23 Å². The van der Waals surface area contributed by atoms with Gasteiger partial charge in [0, 0.05) is 6.61 Å². The van der Waals surface area contributed by atoms with Gasteiger partial charge in [-0.1, -0.05) is 13.3 Å². The Kier molecular flexibility index (Phi) is 5.56. The topological polar surface area (TPSA) is 58.6 Å². The van der Waals surface area contributed by atoms with Crippen molar-refractivity contribution in [1.82, 2.24) is 5.32 Å². The molecule has 2 N–H and O–H groups in total. The lowest BCUT2D eigenvalue weighted by Crippen LogP contribution is -2.33. The molecule has 0 bridgehead atoms. The Morgan fingerprint density at radius 1 is 1.73 bits per heavy atom. The number of rotatable bonds is 5. The van der Waals surface area contributed by atoms with Crippen molar-refractivity contribution in [2.45, 2.75) is 32.9 Å². The molecular formula is C7H15NO3. The van der Waals surface area contributed by atoms with E-state index in [9.17, 15) is 4.79 Å². The molecule has 0 radical (unpaired) electrons. The highest BCUT2D eigenvalue weighted by Crippen LogP contribution is 1.91. The van der Waals surface area contributed by atoms with E-state index < -0.39 is 12.3 Å². The Hall–Kier alpha value is -0.770. The van der Waals surface area contributed by atoms with Crippen molar-refractivity contribution in [3.8, 4) is 0 Å². The first kappa shape index (κ1) is 10.2. The standard InChI is InChI=1S/C7H15NO3/c1-3-4-5-11-6(2)8-7(9)10/h6,8H,3-5H2,1-2H3,(H,9,10). The average molecular weight is 161 g/mol. The van der Waals surface area contributed by atoms with E-state index in [1.807, 2.05) is 0 Å². The molecule has 0 spiro atoms. The van der Waals surface area contributed by atoms with Gasteiger partial charge in [-0.25, -0.2) is 4.79 Å². The summed E-state index contributed by atoms with van der Waals surface area (Å²) >= 11 is 0. The van der Waals surface area contributed by atoms with Crippen LogP contribution in [0.3, 0.4) is 0 Å². The molecule has 0 saturated carbocycles. The van der Waals surface area contributed by atoms with Crippen LogP contribution < -0.4 is 5.32 Å². The van der Waals surface area contributed by atoms with Crippen molar-refractivity contribution >= 4 is 6.09 Å². The Morgan fingerprint density at radius 2 is 2.36 bits per heavy atom. The van der Waals surface area contributed by atoms with Gasteiger partial charge in [-0.05, 0) is 13.3 Å². The maximum absolute atomic E-state index is 10.1. The van der Waals surface area contributed by atoms with Gasteiger partial charge in [0.05, 0.1) is 0 Å². The summed E-state index contributed by atoms with van der Waals surface area (Å²) in [6.45, 7) is 4.33. The van der Waals surface area contributed by atoms with Crippen LogP contribution in [0.1, 0.15) is 26.7 Å². The van der Waals surface area contributed by atoms with Crippen molar-refractivity contribution in [2.24, 2.45) is 0 Å². The maximum atomic E-state index is 10.1. The van der Waals surface area contributed by atoms with Crippen molar-refractivity contribution in [3.05, 3.63) is 0 Å². The van der Waals surface area contributed by atoms with E-state index in [2.05, 4.69) is 12.2 Å². The second-order valence-electron chi connectivity index (χ2n) is 2.32. The van der Waals surface area contributed by atoms with Crippen LogP contribution in [0.15, 0.2) is 0 Å². The molecule has 11 heavy (non-hydrogen) atoms. The fraction of sp³-hybridized carbons (Fsp3) is 0.857. The molecule has 0 aromatic carbocycles. The van der Waals surface area contributed by atoms with E-state index in [1.165, 1.54) is 0 Å². The summed E-state index contributed by atoms with van der Waals surface area (Å²) in [6, 6.07) is 0. The second-order valence-corrected chi connectivity index (χ2v) is 2.32. The van der Waals surface area contributed by atoms with Crippen LogP contribution in [-0.4, -0.2) is 24.0 Å². The van der Waals surface area contributed by atoms with Gasteiger partial charge in [-0.15, -0.1) is 0 Å². The highest BCUT2D eigenvalue weighted by molar-refractivity contribution is 5.64. The Labute approximate surface area is 66.5 Å². The van der Waals surface area contributed by atoms with Crippen LogP contribution in [0.2, 0.25) is 0 Å². The molecule has 0 aromatic rings. The predicted molar refractivity (Wildman–Crippen MR) is 41.5 cm³/mol. The van der Waals surface area contributed by atoms with Crippen LogP contribution in [0, 0.1) is 0 Å². The van der Waals surface area contributed by atoms with Crippen LogP contribution in [0.25, 0.3) is 0 Å². The molecule has 1 amide bonds. The first-order valence-corrected chi connectivity index (χ1v) is 3.78. The van der Waals surface area contributed by atoms with E-state index in [0.717, 1.165) is 12.8 Å². The quantitative estimate of drug-likeness (QED) is 0.473. The first-order valence-electron chi connectivity index (χ1n) is 3.78. The third kappa shape index (κ3) is 7.12. The number of carboxylic acid groups (broad SMARTS) is 1. The van der Waals surface area contributed by atoms with Crippen LogP contribution in [0.5, 0.6) is 0 Å². The molecule has 0 aliphatic carbocycles. The third-order valence-electron chi connectivity index (χ3n) is 1.19. The monoisotopic (exact) mass is 161 g/mol. The Bertz CT molecular complexity index is 116. The maximum Gasteiger partial charge on any atom is 0.406 e. The smallest absolute Gasteiger partial charge is 0.406 e. The van der Waals surface area contributed by atoms with E-state index in [4.69, 9.17) is 9.84 Å². The summed E-state index contributed by atoms with van der Waals surface area (Å²) in [6.07, 6.45) is 0.568. The highest BCUT2D eigenvalue weighted by Gasteiger charge is 2.02. The molecule has 0 aliphatic rings. The normalized spacial score (nSPS) is 12.5. The zero-order valence-corrected chi connectivity index (χ0v) is 6.96. The second kappa shape index (κ2) is 5.97. The van der Waals surface area contributed by atoms with Crippen molar-refractivity contribution in [1.29, 1.82) is 0 Å². The summed E-state index contributed by atoms with van der Waals surface area (Å²) in [5.41, 5.74) is 0. The molecule has 0 rings (SSSR count). The van der Waals surface area contributed by atoms with E-state index >= 15 is 0 Å². The largest absolute Gasteiger partial charge is 0.465 e. The van der Waals surface area contributed by atoms with Crippen LogP contribution in [-0.2, 0) is 4.74 Å². The molecule has 0 aromatic heterocycles. The molecule has 0 aliphatic heterocycles. The number of nitrogens with one attached hydrogen (secondary N) is 1. The summed E-state index contributed by atoms with van der Waals surface area (Å²) in [4.78, 5) is 10.1. The van der Waals surface area contributed by atoms with Gasteiger partial charge >= 0.3 is 6.09 Å². The lowest BCUT2D eigenvalue weighted by molar-refractivity contribution is 0.0420. The summed E-state index contributed by atoms with van der Waals surface area (Å²) < 4.78 is 5.10. The van der Waals surface area contributed by atoms with E-state index in [-0.39, 0.29) is 0 Å². The third-order valence-corrected chi connectivity index (χ3v) is 1.19. The number of amides is 1. The number of ether oxygens (including phenoxy) is 1. The SMILES string of the molecule is CCCCOC(C)NC(=O)O. The van der Waals surface area contributed by atoms with E-state index in [0.29, 0.717) is 6.61 Å². The van der Waals surface area contributed by atoms with Crippen molar-refractivity contribution in [2.75, 3.05) is 6.61 Å². The molecular weight excluding hydrogens is 146 g/mol. The number of carbonyl (C=O) groups is 1. The molecule has 66 valence electrons.